The Morgan fingerprint density at radius 2 is 2.05 bits per heavy atom. The van der Waals surface area contributed by atoms with Crippen molar-refractivity contribution in [3.63, 3.8) is 0 Å². The minimum absolute atomic E-state index is 0.0718. The molecule has 0 saturated heterocycles. The molecule has 0 aliphatic rings. The Morgan fingerprint density at radius 3 is 2.77 bits per heavy atom. The highest BCUT2D eigenvalue weighted by molar-refractivity contribution is 7.99. The van der Waals surface area contributed by atoms with Gasteiger partial charge in [0.25, 0.3) is 0 Å². The van der Waals surface area contributed by atoms with Gasteiger partial charge in [0.15, 0.2) is 5.16 Å². The van der Waals surface area contributed by atoms with E-state index in [0.717, 1.165) is 34.9 Å². The Kier molecular flexibility index (Phi) is 6.31. The van der Waals surface area contributed by atoms with Gasteiger partial charge in [-0.05, 0) is 31.4 Å². The van der Waals surface area contributed by atoms with Crippen molar-refractivity contribution in [2.45, 2.75) is 51.2 Å². The molecule has 0 aliphatic heterocycles. The van der Waals surface area contributed by atoms with Gasteiger partial charge in [-0.15, -0.1) is 0 Å². The molecule has 1 heterocycles. The molecule has 2 aromatic rings. The van der Waals surface area contributed by atoms with E-state index in [9.17, 15) is 4.79 Å². The van der Waals surface area contributed by atoms with E-state index >= 15 is 0 Å². The molecule has 2 N–H and O–H groups in total. The number of carbonyl (C=O) groups excluding carboxylic acids is 1. The van der Waals surface area contributed by atoms with Crippen LogP contribution in [-0.2, 0) is 4.79 Å². The normalized spacial score (nSPS) is 12.7. The van der Waals surface area contributed by atoms with Crippen LogP contribution in [0.5, 0.6) is 0 Å². The Labute approximate surface area is 136 Å². The highest BCUT2D eigenvalue weighted by atomic mass is 32.2. The quantitative estimate of drug-likeness (QED) is 0.723. The van der Waals surface area contributed by atoms with Gasteiger partial charge in [0.05, 0.1) is 16.8 Å². The average molecular weight is 319 g/mol. The molecule has 0 radical (unpaired) electrons. The number of benzene rings is 1. The number of nitrogens with zero attached hydrogens (tertiary/aromatic N) is 1. The minimum atomic E-state index is 0.0718. The number of aromatic nitrogens is 2. The van der Waals surface area contributed by atoms with Crippen LogP contribution in [0.3, 0.4) is 0 Å². The summed E-state index contributed by atoms with van der Waals surface area (Å²) in [7, 11) is 0. The van der Waals surface area contributed by atoms with Crippen molar-refractivity contribution in [3.05, 3.63) is 24.3 Å². The van der Waals surface area contributed by atoms with E-state index in [1.807, 2.05) is 24.3 Å². The molecule has 5 heteroatoms. The predicted molar refractivity (Wildman–Crippen MR) is 93.1 cm³/mol. The summed E-state index contributed by atoms with van der Waals surface area (Å²) in [6, 6.07) is 8.13. The van der Waals surface area contributed by atoms with Gasteiger partial charge in [0.2, 0.25) is 5.91 Å². The SMILES string of the molecule is CC(C)CCCC(C)NC(=O)CSc1nc2ccccc2[nH]1. The fourth-order valence-corrected chi connectivity index (χ4v) is 3.05. The first kappa shape index (κ1) is 16.9. The second-order valence-electron chi connectivity index (χ2n) is 6.14. The molecule has 1 aromatic heterocycles. The van der Waals surface area contributed by atoms with Crippen LogP contribution in [0.2, 0.25) is 0 Å². The number of nitrogens with one attached hydrogen (secondary N) is 2. The summed E-state index contributed by atoms with van der Waals surface area (Å²) in [6.45, 7) is 6.53. The van der Waals surface area contributed by atoms with E-state index in [1.54, 1.807) is 0 Å². The van der Waals surface area contributed by atoms with Gasteiger partial charge in [0.1, 0.15) is 0 Å². The maximum atomic E-state index is 12.0. The summed E-state index contributed by atoms with van der Waals surface area (Å²) in [6.07, 6.45) is 3.42. The van der Waals surface area contributed by atoms with Crippen LogP contribution >= 0.6 is 11.8 Å². The van der Waals surface area contributed by atoms with Crippen molar-refractivity contribution in [1.29, 1.82) is 0 Å². The number of hydrogen-bond donors (Lipinski definition) is 2. The molecular weight excluding hydrogens is 294 g/mol. The van der Waals surface area contributed by atoms with Crippen LogP contribution in [0.25, 0.3) is 11.0 Å². The van der Waals surface area contributed by atoms with Gasteiger partial charge in [0, 0.05) is 6.04 Å². The van der Waals surface area contributed by atoms with Crippen LogP contribution in [0, 0.1) is 5.92 Å². The first-order chi connectivity index (χ1) is 10.5. The van der Waals surface area contributed by atoms with E-state index in [0.29, 0.717) is 5.75 Å². The number of hydrogen-bond acceptors (Lipinski definition) is 3. The second kappa shape index (κ2) is 8.22. The first-order valence-corrected chi connectivity index (χ1v) is 8.90. The largest absolute Gasteiger partial charge is 0.353 e. The molecule has 0 fully saturated rings. The zero-order valence-electron chi connectivity index (χ0n) is 13.6. The maximum Gasteiger partial charge on any atom is 0.230 e. The topological polar surface area (TPSA) is 57.8 Å². The zero-order chi connectivity index (χ0) is 15.9. The van der Waals surface area contributed by atoms with Crippen LogP contribution in [0.15, 0.2) is 29.4 Å². The summed E-state index contributed by atoms with van der Waals surface area (Å²) < 4.78 is 0. The number of aromatic amines is 1. The van der Waals surface area contributed by atoms with Crippen LogP contribution in [0.4, 0.5) is 0 Å². The minimum Gasteiger partial charge on any atom is -0.353 e. The smallest absolute Gasteiger partial charge is 0.230 e. The summed E-state index contributed by atoms with van der Waals surface area (Å²) in [5.74, 6) is 1.20. The monoisotopic (exact) mass is 319 g/mol. The van der Waals surface area contributed by atoms with Crippen LogP contribution in [0.1, 0.15) is 40.0 Å². The molecule has 0 aliphatic carbocycles. The van der Waals surface area contributed by atoms with Crippen molar-refractivity contribution < 1.29 is 4.79 Å². The fourth-order valence-electron chi connectivity index (χ4n) is 2.35. The van der Waals surface area contributed by atoms with Gasteiger partial charge >= 0.3 is 0 Å². The standard InChI is InChI=1S/C17H25N3OS/c1-12(2)7-6-8-13(3)18-16(21)11-22-17-19-14-9-4-5-10-15(14)20-17/h4-5,9-10,12-13H,6-8,11H2,1-3H3,(H,18,21)(H,19,20). The molecule has 2 rings (SSSR count). The molecule has 1 aromatic carbocycles. The van der Waals surface area contributed by atoms with E-state index < -0.39 is 0 Å². The molecule has 1 atom stereocenters. The van der Waals surface area contributed by atoms with Gasteiger partial charge in [-0.25, -0.2) is 4.98 Å². The van der Waals surface area contributed by atoms with Crippen LogP contribution in [-0.4, -0.2) is 27.7 Å². The summed E-state index contributed by atoms with van der Waals surface area (Å²) in [5, 5.41) is 3.85. The van der Waals surface area contributed by atoms with Crippen molar-refractivity contribution in [1.82, 2.24) is 15.3 Å². The first-order valence-electron chi connectivity index (χ1n) is 7.91. The second-order valence-corrected chi connectivity index (χ2v) is 7.11. The number of H-pyrrole nitrogens is 1. The third kappa shape index (κ3) is 5.37. The molecule has 22 heavy (non-hydrogen) atoms. The number of imidazole rings is 1. The molecular formula is C17H25N3OS. The summed E-state index contributed by atoms with van der Waals surface area (Å²) in [5.41, 5.74) is 1.94. The number of fused-ring (bicyclic) bond motifs is 1. The van der Waals surface area contributed by atoms with E-state index in [1.165, 1.54) is 18.2 Å². The lowest BCUT2D eigenvalue weighted by Gasteiger charge is -2.14. The number of thioether (sulfide) groups is 1. The zero-order valence-corrected chi connectivity index (χ0v) is 14.4. The third-order valence-corrected chi connectivity index (χ3v) is 4.41. The molecule has 0 saturated carbocycles. The predicted octanol–water partition coefficient (Wildman–Crippen LogP) is 3.99. The van der Waals surface area contributed by atoms with E-state index in [2.05, 4.69) is 36.1 Å². The third-order valence-electron chi connectivity index (χ3n) is 3.53. The fraction of sp³-hybridized carbons (Fsp3) is 0.529. The molecule has 120 valence electrons. The number of carbonyl (C=O) groups is 1. The Hall–Kier alpha value is -1.49. The van der Waals surface area contributed by atoms with Crippen molar-refractivity contribution in [2.24, 2.45) is 5.92 Å². The molecule has 0 spiro atoms. The van der Waals surface area contributed by atoms with Crippen molar-refractivity contribution in [2.75, 3.05) is 5.75 Å². The summed E-state index contributed by atoms with van der Waals surface area (Å²) >= 11 is 1.45. The van der Waals surface area contributed by atoms with Crippen LogP contribution < -0.4 is 5.32 Å². The summed E-state index contributed by atoms with van der Waals surface area (Å²) in [4.78, 5) is 19.6. The van der Waals surface area contributed by atoms with Gasteiger partial charge < -0.3 is 10.3 Å². The van der Waals surface area contributed by atoms with Gasteiger partial charge in [-0.1, -0.05) is 50.6 Å². The lowest BCUT2D eigenvalue weighted by atomic mass is 10.0. The average Bonchev–Trinajstić information content (AvgIpc) is 2.87. The lowest BCUT2D eigenvalue weighted by Crippen LogP contribution is -2.33. The highest BCUT2D eigenvalue weighted by Gasteiger charge is 2.10. The number of rotatable bonds is 8. The number of amides is 1. The molecule has 1 amide bonds. The maximum absolute atomic E-state index is 12.0. The number of para-hydroxylation sites is 2. The van der Waals surface area contributed by atoms with Gasteiger partial charge in [-0.2, -0.15) is 0 Å². The highest BCUT2D eigenvalue weighted by Crippen LogP contribution is 2.18. The Balaban J connectivity index is 1.73. The van der Waals surface area contributed by atoms with E-state index in [-0.39, 0.29) is 11.9 Å². The van der Waals surface area contributed by atoms with Gasteiger partial charge in [-0.3, -0.25) is 4.79 Å². The Morgan fingerprint density at radius 1 is 1.27 bits per heavy atom. The molecule has 4 nitrogen and oxygen atoms in total. The van der Waals surface area contributed by atoms with Crippen molar-refractivity contribution in [3.8, 4) is 0 Å². The molecule has 1 unspecified atom stereocenters. The molecule has 0 bridgehead atoms. The lowest BCUT2D eigenvalue weighted by molar-refractivity contribution is -0.119. The Bertz CT molecular complexity index is 576. The van der Waals surface area contributed by atoms with E-state index in [4.69, 9.17) is 0 Å². The van der Waals surface area contributed by atoms with Crippen molar-refractivity contribution >= 4 is 28.7 Å².